The fourth-order valence-electron chi connectivity index (χ4n) is 15.0. The first-order valence-corrected chi connectivity index (χ1v) is 32.0. The molecule has 21 heteroatoms. The Kier molecular flexibility index (Phi) is 15.9. The van der Waals surface area contributed by atoms with E-state index < -0.39 is 40.9 Å². The van der Waals surface area contributed by atoms with Crippen molar-refractivity contribution < 1.29 is 42.7 Å². The van der Waals surface area contributed by atoms with E-state index in [0.29, 0.717) is 108 Å². The Morgan fingerprint density at radius 3 is 2.20 bits per heavy atom. The SMILES string of the molecule is Cc1cc(F)c(Nc2nc(-c3ccc4c(c3)N([C@H]3C[C@@H](N5CCCCC5)C3)C(=O)C43CCN(C(=O)c4ccc(C(=O)N(C)[C@H]5CC[C@H](Nc6cccc7c6C(=O)N(C6CCC(=O)NC6=O)C7=O)CC5)cc4)CC3)cc3ncn(C(C)C)c23)cc1C(=O)NC(C)C. The molecular formula is C69H77FN12O8. The van der Waals surface area contributed by atoms with Crippen LogP contribution in [0.25, 0.3) is 22.3 Å². The number of nitrogens with zero attached hydrogens (tertiary/aromatic N) is 8. The molecule has 1 atom stereocenters. The molecule has 5 aliphatic heterocycles. The molecule has 90 heavy (non-hydrogen) atoms. The number of nitrogens with one attached hydrogen (secondary N) is 4. The van der Waals surface area contributed by atoms with Crippen molar-refractivity contribution in [3.05, 3.63) is 130 Å². The van der Waals surface area contributed by atoms with Crippen molar-refractivity contribution >= 4 is 81.2 Å². The van der Waals surface area contributed by atoms with E-state index in [1.165, 1.54) is 31.4 Å². The molecule has 4 aromatic carbocycles. The van der Waals surface area contributed by atoms with Crippen LogP contribution in [0.15, 0.2) is 85.2 Å². The number of carbonyl (C=O) groups excluding carboxylic acids is 8. The van der Waals surface area contributed by atoms with E-state index in [1.807, 2.05) is 54.2 Å². The molecule has 1 spiro atoms. The number of aromatic nitrogens is 3. The van der Waals surface area contributed by atoms with Gasteiger partial charge in [0, 0.05) is 96.4 Å². The molecule has 4 N–H and O–H groups in total. The average molecular weight is 1220 g/mol. The number of likely N-dealkylation sites (tertiary alicyclic amines) is 2. The smallest absolute Gasteiger partial charge is 0.264 e. The van der Waals surface area contributed by atoms with Gasteiger partial charge in [0.1, 0.15) is 17.4 Å². The summed E-state index contributed by atoms with van der Waals surface area (Å²) in [6, 6.07) is 21.9. The Balaban J connectivity index is 0.693. The topological polar surface area (TPSA) is 232 Å². The molecule has 0 bridgehead atoms. The second-order valence-electron chi connectivity index (χ2n) is 26.3. The van der Waals surface area contributed by atoms with Gasteiger partial charge in [0.25, 0.3) is 29.5 Å². The van der Waals surface area contributed by atoms with Gasteiger partial charge in [0.2, 0.25) is 17.7 Å². The van der Waals surface area contributed by atoms with Crippen molar-refractivity contribution in [2.24, 2.45) is 0 Å². The fraction of sp³-hybridized carbons (Fsp3) is 0.449. The molecule has 2 aliphatic carbocycles. The minimum absolute atomic E-state index is 0.00310. The Morgan fingerprint density at radius 1 is 0.778 bits per heavy atom. The van der Waals surface area contributed by atoms with E-state index in [9.17, 15) is 33.6 Å². The molecule has 7 heterocycles. The normalized spacial score (nSPS) is 22.5. The Bertz CT molecular complexity index is 3930. The Hall–Kier alpha value is -8.85. The van der Waals surface area contributed by atoms with Crippen LogP contribution >= 0.6 is 0 Å². The van der Waals surface area contributed by atoms with Crippen LogP contribution in [0, 0.1) is 12.7 Å². The van der Waals surface area contributed by atoms with Gasteiger partial charge >= 0.3 is 0 Å². The van der Waals surface area contributed by atoms with Crippen molar-refractivity contribution in [1.29, 1.82) is 0 Å². The summed E-state index contributed by atoms with van der Waals surface area (Å²) in [4.78, 5) is 128. The summed E-state index contributed by atoms with van der Waals surface area (Å²) < 4.78 is 18.0. The Labute approximate surface area is 522 Å². The molecule has 5 fully saturated rings. The van der Waals surface area contributed by atoms with Crippen LogP contribution in [0.5, 0.6) is 0 Å². The first-order valence-electron chi connectivity index (χ1n) is 32.0. The number of hydrogen-bond acceptors (Lipinski definition) is 13. The van der Waals surface area contributed by atoms with Crippen molar-refractivity contribution in [3.8, 4) is 11.3 Å². The highest BCUT2D eigenvalue weighted by Crippen LogP contribution is 2.52. The van der Waals surface area contributed by atoms with Gasteiger partial charge in [-0.3, -0.25) is 48.6 Å². The van der Waals surface area contributed by atoms with E-state index in [0.717, 1.165) is 47.6 Å². The second kappa shape index (κ2) is 23.8. The first-order chi connectivity index (χ1) is 43.3. The Morgan fingerprint density at radius 2 is 1.50 bits per heavy atom. The number of amides is 8. The quantitative estimate of drug-likeness (QED) is 0.0746. The maximum absolute atomic E-state index is 16.0. The van der Waals surface area contributed by atoms with Crippen LogP contribution in [0.4, 0.5) is 27.3 Å². The molecule has 1 unspecified atom stereocenters. The molecular weight excluding hydrogens is 1140 g/mol. The number of pyridine rings is 1. The summed E-state index contributed by atoms with van der Waals surface area (Å²) in [5, 5.41) is 11.9. The van der Waals surface area contributed by atoms with Crippen LogP contribution in [0.1, 0.15) is 180 Å². The number of carbonyl (C=O) groups is 8. The summed E-state index contributed by atoms with van der Waals surface area (Å²) in [6.07, 6.45) is 10.8. The highest BCUT2D eigenvalue weighted by atomic mass is 19.1. The predicted molar refractivity (Wildman–Crippen MR) is 338 cm³/mol. The number of benzene rings is 4. The van der Waals surface area contributed by atoms with E-state index in [-0.39, 0.29) is 83.5 Å². The highest BCUT2D eigenvalue weighted by molar-refractivity contribution is 6.25. The van der Waals surface area contributed by atoms with Gasteiger partial charge in [0.15, 0.2) is 5.82 Å². The lowest BCUT2D eigenvalue weighted by atomic mass is 9.73. The standard InChI is InChI=1S/C69H77FN12O8/c1-38(2)72-62(84)49-35-54(51(70)31-40(49)5)75-61-60-55(71-37-80(60)39(3)4)36-53(74-61)43-17-22-50-57(32-43)81(47-33-46(34-47)78-27-8-7-9-28-78)68(90)69(50)25-29-79(30-26-69)65(87)42-15-13-41(14-16-42)64(86)77(6)45-20-18-44(19-21-45)73-52-12-10-11-48-59(52)67(89)82(66(48)88)56-23-24-58(83)76-63(56)85/h10-17,22,31-32,35-39,44-47,56,73H,7-9,18-21,23-30,33-34H2,1-6H3,(H,72,84)(H,74,75)(H,76,83,85)/t44-,45-,46-,47+,56?. The van der Waals surface area contributed by atoms with Gasteiger partial charge in [-0.2, -0.15) is 0 Å². The minimum Gasteiger partial charge on any atom is -0.382 e. The van der Waals surface area contributed by atoms with Gasteiger partial charge < -0.3 is 40.1 Å². The van der Waals surface area contributed by atoms with Gasteiger partial charge in [-0.1, -0.05) is 24.6 Å². The highest BCUT2D eigenvalue weighted by Gasteiger charge is 2.56. The maximum Gasteiger partial charge on any atom is 0.264 e. The minimum atomic E-state index is -1.06. The van der Waals surface area contributed by atoms with E-state index in [4.69, 9.17) is 9.97 Å². The van der Waals surface area contributed by atoms with Gasteiger partial charge in [-0.25, -0.2) is 14.4 Å². The number of anilines is 4. The third-order valence-corrected chi connectivity index (χ3v) is 20.1. The first kappa shape index (κ1) is 60.1. The molecule has 468 valence electrons. The molecule has 0 radical (unpaired) electrons. The third kappa shape index (κ3) is 10.7. The number of aryl methyl sites for hydroxylation is 1. The van der Waals surface area contributed by atoms with Gasteiger partial charge in [-0.15, -0.1) is 0 Å². The van der Waals surface area contributed by atoms with E-state index in [1.54, 1.807) is 67.7 Å². The largest absolute Gasteiger partial charge is 0.382 e. The number of piperidine rings is 3. The number of rotatable bonds is 14. The van der Waals surface area contributed by atoms with Crippen molar-refractivity contribution in [2.75, 3.05) is 48.8 Å². The van der Waals surface area contributed by atoms with Crippen LogP contribution in [0.2, 0.25) is 0 Å². The average Bonchev–Trinajstić information content (AvgIpc) is 1.61. The summed E-state index contributed by atoms with van der Waals surface area (Å²) in [5.41, 5.74) is 6.36. The predicted octanol–water partition coefficient (Wildman–Crippen LogP) is 9.44. The lowest BCUT2D eigenvalue weighted by molar-refractivity contribution is -0.136. The summed E-state index contributed by atoms with van der Waals surface area (Å²) in [6.45, 7) is 12.4. The number of hydrogen-bond donors (Lipinski definition) is 4. The maximum atomic E-state index is 16.0. The van der Waals surface area contributed by atoms with Crippen molar-refractivity contribution in [3.63, 3.8) is 0 Å². The van der Waals surface area contributed by atoms with Crippen molar-refractivity contribution in [2.45, 2.75) is 166 Å². The van der Waals surface area contributed by atoms with Crippen LogP contribution < -0.4 is 26.2 Å². The fourth-order valence-corrected chi connectivity index (χ4v) is 15.0. The summed E-state index contributed by atoms with van der Waals surface area (Å²) >= 11 is 0. The lowest BCUT2D eigenvalue weighted by Crippen LogP contribution is -2.58. The zero-order valence-electron chi connectivity index (χ0n) is 51.9. The summed E-state index contributed by atoms with van der Waals surface area (Å²) in [7, 11) is 1.79. The molecule has 20 nitrogen and oxygen atoms in total. The summed E-state index contributed by atoms with van der Waals surface area (Å²) in [5.74, 6) is -2.98. The lowest BCUT2D eigenvalue weighted by Gasteiger charge is -2.48. The number of imidazole rings is 1. The molecule has 2 saturated carbocycles. The van der Waals surface area contributed by atoms with Gasteiger partial charge in [-0.05, 0) is 190 Å². The monoisotopic (exact) mass is 1220 g/mol. The number of fused-ring (bicyclic) bond motifs is 4. The van der Waals surface area contributed by atoms with Crippen molar-refractivity contribution in [1.82, 2.24) is 44.8 Å². The number of imide groups is 2. The molecule has 8 amide bonds. The zero-order chi connectivity index (χ0) is 63.0. The third-order valence-electron chi connectivity index (χ3n) is 20.1. The molecule has 2 aromatic heterocycles. The van der Waals surface area contributed by atoms with Crippen LogP contribution in [-0.2, 0) is 19.8 Å². The molecule has 13 rings (SSSR count). The van der Waals surface area contributed by atoms with Gasteiger partial charge in [0.05, 0.1) is 39.8 Å². The molecule has 3 saturated heterocycles. The molecule has 6 aromatic rings. The van der Waals surface area contributed by atoms with E-state index >= 15 is 9.18 Å². The van der Waals surface area contributed by atoms with Crippen LogP contribution in [0.3, 0.4) is 0 Å². The van der Waals surface area contributed by atoms with E-state index in [2.05, 4.69) is 38.3 Å². The van der Waals surface area contributed by atoms with Crippen LogP contribution in [-0.4, -0.2) is 151 Å². The number of halogens is 1. The zero-order valence-corrected chi connectivity index (χ0v) is 51.9. The molecule has 7 aliphatic rings. The second-order valence-corrected chi connectivity index (χ2v) is 26.3.